The number of hydrogen-bond acceptors (Lipinski definition) is 3. The van der Waals surface area contributed by atoms with Crippen LogP contribution in [-0.2, 0) is 6.54 Å². The Labute approximate surface area is 114 Å². The predicted octanol–water partition coefficient (Wildman–Crippen LogP) is 1.39. The van der Waals surface area contributed by atoms with E-state index in [1.54, 1.807) is 6.07 Å². The van der Waals surface area contributed by atoms with Gasteiger partial charge in [0.05, 0.1) is 5.60 Å². The maximum atomic E-state index is 12.0. The molecule has 1 saturated carbocycles. The third-order valence-electron chi connectivity index (χ3n) is 3.55. The number of rotatable bonds is 5. The minimum Gasteiger partial charge on any atom is -0.388 e. The molecule has 1 aliphatic carbocycles. The molecule has 19 heavy (non-hydrogen) atoms. The van der Waals surface area contributed by atoms with Gasteiger partial charge in [-0.2, -0.15) is 0 Å². The van der Waals surface area contributed by atoms with Crippen molar-refractivity contribution in [2.75, 3.05) is 20.6 Å². The van der Waals surface area contributed by atoms with Crippen molar-refractivity contribution in [2.24, 2.45) is 0 Å². The summed E-state index contributed by atoms with van der Waals surface area (Å²) in [5, 5.41) is 12.8. The molecule has 1 fully saturated rings. The Kier molecular flexibility index (Phi) is 4.22. The lowest BCUT2D eigenvalue weighted by Crippen LogP contribution is -2.47. The van der Waals surface area contributed by atoms with Gasteiger partial charge in [-0.05, 0) is 51.1 Å². The lowest BCUT2D eigenvalue weighted by atomic mass is 9.80. The van der Waals surface area contributed by atoms with Crippen LogP contribution in [0.4, 0.5) is 0 Å². The average molecular weight is 262 g/mol. The van der Waals surface area contributed by atoms with Gasteiger partial charge in [0.2, 0.25) is 0 Å². The van der Waals surface area contributed by atoms with E-state index in [1.807, 2.05) is 32.3 Å². The van der Waals surface area contributed by atoms with Crippen molar-refractivity contribution in [3.05, 3.63) is 35.4 Å². The summed E-state index contributed by atoms with van der Waals surface area (Å²) in [6.07, 6.45) is 2.62. The molecule has 1 amide bonds. The molecule has 0 aliphatic heterocycles. The van der Waals surface area contributed by atoms with E-state index >= 15 is 0 Å². The quantitative estimate of drug-likeness (QED) is 0.843. The second kappa shape index (κ2) is 5.72. The molecule has 0 radical (unpaired) electrons. The zero-order valence-electron chi connectivity index (χ0n) is 11.6. The van der Waals surface area contributed by atoms with Crippen LogP contribution in [0.1, 0.15) is 35.2 Å². The van der Waals surface area contributed by atoms with Crippen LogP contribution < -0.4 is 5.32 Å². The molecule has 0 bridgehead atoms. The zero-order chi connectivity index (χ0) is 13.9. The lowest BCUT2D eigenvalue weighted by molar-refractivity contribution is -0.0300. The van der Waals surface area contributed by atoms with E-state index in [1.165, 1.54) is 0 Å². The van der Waals surface area contributed by atoms with E-state index in [0.29, 0.717) is 12.1 Å². The molecular formula is C15H22N2O2. The highest BCUT2D eigenvalue weighted by Crippen LogP contribution is 2.30. The second-order valence-electron chi connectivity index (χ2n) is 5.70. The molecule has 0 atom stereocenters. The highest BCUT2D eigenvalue weighted by molar-refractivity contribution is 5.94. The summed E-state index contributed by atoms with van der Waals surface area (Å²) >= 11 is 0. The molecule has 0 spiro atoms. The molecular weight excluding hydrogens is 240 g/mol. The SMILES string of the molecule is CN(C)Cc1cccc(C(=O)NCC2(O)CCC2)c1. The summed E-state index contributed by atoms with van der Waals surface area (Å²) in [5.41, 5.74) is 1.10. The zero-order valence-corrected chi connectivity index (χ0v) is 11.6. The molecule has 2 N–H and O–H groups in total. The number of carbonyl (C=O) groups is 1. The average Bonchev–Trinajstić information content (AvgIpc) is 2.33. The van der Waals surface area contributed by atoms with Gasteiger partial charge < -0.3 is 15.3 Å². The third-order valence-corrected chi connectivity index (χ3v) is 3.55. The van der Waals surface area contributed by atoms with Crippen LogP contribution in [0.3, 0.4) is 0 Å². The maximum Gasteiger partial charge on any atom is 0.251 e. The number of benzene rings is 1. The van der Waals surface area contributed by atoms with Crippen molar-refractivity contribution in [3.8, 4) is 0 Å². The Morgan fingerprint density at radius 1 is 1.42 bits per heavy atom. The molecule has 4 heteroatoms. The number of aliphatic hydroxyl groups is 1. The first kappa shape index (κ1) is 14.0. The minimum absolute atomic E-state index is 0.110. The molecule has 4 nitrogen and oxygen atoms in total. The number of amides is 1. The fraction of sp³-hybridized carbons (Fsp3) is 0.533. The molecule has 1 aliphatic rings. The van der Waals surface area contributed by atoms with Crippen molar-refractivity contribution in [2.45, 2.75) is 31.4 Å². The molecule has 2 rings (SSSR count). The molecule has 1 aromatic rings. The standard InChI is InChI=1S/C15H22N2O2/c1-17(2)10-12-5-3-6-13(9-12)14(18)16-11-15(19)7-4-8-15/h3,5-6,9,19H,4,7-8,10-11H2,1-2H3,(H,16,18). The van der Waals surface area contributed by atoms with Crippen molar-refractivity contribution in [1.82, 2.24) is 10.2 Å². The maximum absolute atomic E-state index is 12.0. The van der Waals surface area contributed by atoms with Gasteiger partial charge in [0.15, 0.2) is 0 Å². The Balaban J connectivity index is 1.94. The molecule has 0 heterocycles. The summed E-state index contributed by atoms with van der Waals surface area (Å²) in [4.78, 5) is 14.1. The van der Waals surface area contributed by atoms with Gasteiger partial charge >= 0.3 is 0 Å². The van der Waals surface area contributed by atoms with E-state index in [4.69, 9.17) is 0 Å². The van der Waals surface area contributed by atoms with Crippen molar-refractivity contribution in [3.63, 3.8) is 0 Å². The molecule has 0 saturated heterocycles. The summed E-state index contributed by atoms with van der Waals surface area (Å²) in [7, 11) is 4.00. The first-order valence-electron chi connectivity index (χ1n) is 6.73. The van der Waals surface area contributed by atoms with Crippen LogP contribution in [0.2, 0.25) is 0 Å². The summed E-state index contributed by atoms with van der Waals surface area (Å²) < 4.78 is 0. The number of hydrogen-bond donors (Lipinski definition) is 2. The van der Waals surface area contributed by atoms with Crippen LogP contribution in [0.25, 0.3) is 0 Å². The minimum atomic E-state index is -0.670. The normalized spacial score (nSPS) is 17.1. The summed E-state index contributed by atoms with van der Waals surface area (Å²) in [6, 6.07) is 7.61. The molecule has 0 unspecified atom stereocenters. The number of nitrogens with one attached hydrogen (secondary N) is 1. The highest BCUT2D eigenvalue weighted by Gasteiger charge is 2.34. The van der Waals surface area contributed by atoms with Gasteiger partial charge in [0.1, 0.15) is 0 Å². The van der Waals surface area contributed by atoms with Gasteiger partial charge in [-0.25, -0.2) is 0 Å². The second-order valence-corrected chi connectivity index (χ2v) is 5.70. The Hall–Kier alpha value is -1.39. The lowest BCUT2D eigenvalue weighted by Gasteiger charge is -2.36. The van der Waals surface area contributed by atoms with Gasteiger partial charge in [-0.3, -0.25) is 4.79 Å². The number of carbonyl (C=O) groups excluding carboxylic acids is 1. The van der Waals surface area contributed by atoms with Crippen molar-refractivity contribution < 1.29 is 9.90 Å². The first-order chi connectivity index (χ1) is 8.98. The van der Waals surface area contributed by atoms with Crippen molar-refractivity contribution in [1.29, 1.82) is 0 Å². The van der Waals surface area contributed by atoms with E-state index in [-0.39, 0.29) is 5.91 Å². The third kappa shape index (κ3) is 3.78. The van der Waals surface area contributed by atoms with Gasteiger partial charge in [-0.15, -0.1) is 0 Å². The fourth-order valence-electron chi connectivity index (χ4n) is 2.28. The Morgan fingerprint density at radius 2 is 2.16 bits per heavy atom. The van der Waals surface area contributed by atoms with Gasteiger partial charge in [-0.1, -0.05) is 12.1 Å². The fourth-order valence-corrected chi connectivity index (χ4v) is 2.28. The Bertz CT molecular complexity index is 453. The largest absolute Gasteiger partial charge is 0.388 e. The van der Waals surface area contributed by atoms with Gasteiger partial charge in [0.25, 0.3) is 5.91 Å². The highest BCUT2D eigenvalue weighted by atomic mass is 16.3. The smallest absolute Gasteiger partial charge is 0.251 e. The van der Waals surface area contributed by atoms with E-state index in [2.05, 4.69) is 10.2 Å². The van der Waals surface area contributed by atoms with E-state index in [9.17, 15) is 9.90 Å². The predicted molar refractivity (Wildman–Crippen MR) is 75.0 cm³/mol. The van der Waals surface area contributed by atoms with Crippen LogP contribution in [0.15, 0.2) is 24.3 Å². The van der Waals surface area contributed by atoms with Crippen LogP contribution >= 0.6 is 0 Å². The topological polar surface area (TPSA) is 52.6 Å². The Morgan fingerprint density at radius 3 is 2.74 bits per heavy atom. The summed E-state index contributed by atoms with van der Waals surface area (Å²) in [6.45, 7) is 1.16. The van der Waals surface area contributed by atoms with Crippen molar-refractivity contribution >= 4 is 5.91 Å². The molecule has 1 aromatic carbocycles. The first-order valence-corrected chi connectivity index (χ1v) is 6.73. The summed E-state index contributed by atoms with van der Waals surface area (Å²) in [5.74, 6) is -0.110. The molecule has 0 aromatic heterocycles. The van der Waals surface area contributed by atoms with Crippen LogP contribution in [-0.4, -0.2) is 42.2 Å². The van der Waals surface area contributed by atoms with Crippen LogP contribution in [0.5, 0.6) is 0 Å². The number of nitrogens with zero attached hydrogens (tertiary/aromatic N) is 1. The van der Waals surface area contributed by atoms with Gasteiger partial charge in [0, 0.05) is 18.7 Å². The van der Waals surface area contributed by atoms with E-state index < -0.39 is 5.60 Å². The molecule has 104 valence electrons. The van der Waals surface area contributed by atoms with Crippen LogP contribution in [0, 0.1) is 0 Å². The van der Waals surface area contributed by atoms with E-state index in [0.717, 1.165) is 31.4 Å². The monoisotopic (exact) mass is 262 g/mol.